The van der Waals surface area contributed by atoms with Gasteiger partial charge in [0.25, 0.3) is 0 Å². The molecule has 2 N–H and O–H groups in total. The Balaban J connectivity index is 4.08. The van der Waals surface area contributed by atoms with Crippen molar-refractivity contribution in [3.8, 4) is 0 Å². The number of carbonyl (C=O) groups excluding carboxylic acids is 4. The van der Waals surface area contributed by atoms with E-state index in [-0.39, 0.29) is 0 Å². The van der Waals surface area contributed by atoms with Crippen LogP contribution in [0.3, 0.4) is 0 Å². The highest BCUT2D eigenvalue weighted by atomic mass is 16.6. The zero-order valence-corrected chi connectivity index (χ0v) is 8.60. The van der Waals surface area contributed by atoms with Gasteiger partial charge in [-0.2, -0.15) is 0 Å². The van der Waals surface area contributed by atoms with E-state index in [9.17, 15) is 19.2 Å². The molecule has 0 bridgehead atoms. The number of alkyl carbamates (subject to hydrolysis) is 2. The molecule has 0 spiro atoms. The Labute approximate surface area is 90.6 Å². The van der Waals surface area contributed by atoms with Gasteiger partial charge in [-0.15, -0.1) is 0 Å². The highest BCUT2D eigenvalue weighted by Gasteiger charge is 2.07. The summed E-state index contributed by atoms with van der Waals surface area (Å²) in [5, 5.41) is 4.06. The standard InChI is InChI=1S/C8H10N2O6/c1-9-7(13)15-5(11)3-4-6(12)16-8(14)10-2/h3-4H,1-2H3,(H,9,13)(H,10,14)/b4-3+. The van der Waals surface area contributed by atoms with E-state index < -0.39 is 24.1 Å². The van der Waals surface area contributed by atoms with Crippen LogP contribution in [0.1, 0.15) is 0 Å². The third-order valence-electron chi connectivity index (χ3n) is 1.15. The third-order valence-corrected chi connectivity index (χ3v) is 1.15. The minimum Gasteiger partial charge on any atom is -0.373 e. The second-order valence-electron chi connectivity index (χ2n) is 2.25. The van der Waals surface area contributed by atoms with Gasteiger partial charge in [0.05, 0.1) is 0 Å². The van der Waals surface area contributed by atoms with Gasteiger partial charge in [0.2, 0.25) is 0 Å². The Kier molecular flexibility index (Phi) is 5.95. The van der Waals surface area contributed by atoms with Crippen LogP contribution in [0.25, 0.3) is 0 Å². The van der Waals surface area contributed by atoms with Gasteiger partial charge in [-0.1, -0.05) is 0 Å². The second kappa shape index (κ2) is 6.98. The van der Waals surface area contributed by atoms with E-state index in [4.69, 9.17) is 0 Å². The number of esters is 2. The molecule has 0 fully saturated rings. The SMILES string of the molecule is CNC(=O)OC(=O)/C=C/C(=O)OC(=O)NC. The van der Waals surface area contributed by atoms with E-state index in [0.29, 0.717) is 12.2 Å². The van der Waals surface area contributed by atoms with Crippen molar-refractivity contribution in [2.45, 2.75) is 0 Å². The van der Waals surface area contributed by atoms with Crippen LogP contribution in [0.4, 0.5) is 9.59 Å². The lowest BCUT2D eigenvalue weighted by molar-refractivity contribution is -0.134. The average Bonchev–Trinajstić information content (AvgIpc) is 2.26. The molecule has 0 saturated heterocycles. The molecule has 0 atom stereocenters. The number of ether oxygens (including phenoxy) is 2. The highest BCUT2D eigenvalue weighted by molar-refractivity contribution is 5.98. The van der Waals surface area contributed by atoms with Gasteiger partial charge >= 0.3 is 24.1 Å². The summed E-state index contributed by atoms with van der Waals surface area (Å²) in [4.78, 5) is 42.6. The summed E-state index contributed by atoms with van der Waals surface area (Å²) in [6.07, 6.45) is -0.621. The van der Waals surface area contributed by atoms with Gasteiger partial charge in [-0.3, -0.25) is 0 Å². The summed E-state index contributed by atoms with van der Waals surface area (Å²) >= 11 is 0. The molecule has 0 aromatic heterocycles. The van der Waals surface area contributed by atoms with Crippen LogP contribution in [0.5, 0.6) is 0 Å². The summed E-state index contributed by atoms with van der Waals surface area (Å²) in [5.41, 5.74) is 0. The van der Waals surface area contributed by atoms with Crippen molar-refractivity contribution >= 4 is 24.1 Å². The Hall–Kier alpha value is -2.38. The Morgan fingerprint density at radius 1 is 0.812 bits per heavy atom. The molecule has 0 radical (unpaired) electrons. The smallest absolute Gasteiger partial charge is 0.373 e. The molecule has 0 saturated carbocycles. The maximum Gasteiger partial charge on any atom is 0.414 e. The summed E-state index contributed by atoms with van der Waals surface area (Å²) in [7, 11) is 2.53. The van der Waals surface area contributed by atoms with Crippen LogP contribution < -0.4 is 10.6 Å². The molecule has 2 amide bonds. The van der Waals surface area contributed by atoms with Crippen molar-refractivity contribution in [1.82, 2.24) is 10.6 Å². The number of hydrogen-bond donors (Lipinski definition) is 2. The zero-order chi connectivity index (χ0) is 12.6. The third kappa shape index (κ3) is 6.13. The number of nitrogens with one attached hydrogen (secondary N) is 2. The summed E-state index contributed by atoms with van der Waals surface area (Å²) in [6.45, 7) is 0. The van der Waals surface area contributed by atoms with Gasteiger partial charge in [0.15, 0.2) is 0 Å². The van der Waals surface area contributed by atoms with Crippen LogP contribution in [0.2, 0.25) is 0 Å². The van der Waals surface area contributed by atoms with Crippen molar-refractivity contribution in [2.24, 2.45) is 0 Å². The fraction of sp³-hybridized carbons (Fsp3) is 0.250. The molecular formula is C8H10N2O6. The summed E-state index contributed by atoms with van der Waals surface area (Å²) in [5.74, 6) is -2.12. The quantitative estimate of drug-likeness (QED) is 0.369. The largest absolute Gasteiger partial charge is 0.414 e. The molecule has 88 valence electrons. The zero-order valence-electron chi connectivity index (χ0n) is 8.60. The molecule has 0 heterocycles. The molecule has 8 heteroatoms. The van der Waals surface area contributed by atoms with Gasteiger partial charge in [-0.05, 0) is 0 Å². The van der Waals surface area contributed by atoms with E-state index in [0.717, 1.165) is 0 Å². The van der Waals surface area contributed by atoms with E-state index in [1.165, 1.54) is 14.1 Å². The van der Waals surface area contributed by atoms with Crippen LogP contribution in [-0.4, -0.2) is 38.2 Å². The first-order valence-electron chi connectivity index (χ1n) is 4.04. The van der Waals surface area contributed by atoms with Crippen LogP contribution in [0, 0.1) is 0 Å². The molecule has 0 aromatic carbocycles. The molecule has 0 unspecified atom stereocenters. The van der Waals surface area contributed by atoms with E-state index in [1.54, 1.807) is 0 Å². The van der Waals surface area contributed by atoms with Gasteiger partial charge in [0.1, 0.15) is 0 Å². The van der Waals surface area contributed by atoms with E-state index >= 15 is 0 Å². The summed E-state index contributed by atoms with van der Waals surface area (Å²) in [6, 6.07) is 0. The number of hydrogen-bond acceptors (Lipinski definition) is 6. The Bertz CT molecular complexity index is 303. The number of rotatable bonds is 2. The molecule has 0 aliphatic heterocycles. The summed E-state index contributed by atoms with van der Waals surface area (Å²) < 4.78 is 8.19. The molecule has 0 aromatic rings. The molecule has 16 heavy (non-hydrogen) atoms. The fourth-order valence-corrected chi connectivity index (χ4v) is 0.489. The van der Waals surface area contributed by atoms with Crippen molar-refractivity contribution in [2.75, 3.05) is 14.1 Å². The predicted molar refractivity (Wildman–Crippen MR) is 50.2 cm³/mol. The maximum absolute atomic E-state index is 10.8. The fourth-order valence-electron chi connectivity index (χ4n) is 0.489. The first-order chi connectivity index (χ1) is 7.49. The van der Waals surface area contributed by atoms with Gasteiger partial charge in [0, 0.05) is 26.2 Å². The van der Waals surface area contributed by atoms with E-state index in [1.807, 2.05) is 10.6 Å². The van der Waals surface area contributed by atoms with Crippen molar-refractivity contribution < 1.29 is 28.7 Å². The van der Waals surface area contributed by atoms with Crippen molar-refractivity contribution in [1.29, 1.82) is 0 Å². The minimum absolute atomic E-state index is 0.653. The van der Waals surface area contributed by atoms with Crippen LogP contribution in [-0.2, 0) is 19.1 Å². The van der Waals surface area contributed by atoms with Crippen LogP contribution >= 0.6 is 0 Å². The number of carbonyl (C=O) groups is 4. The number of amides is 2. The Morgan fingerprint density at radius 2 is 1.12 bits per heavy atom. The Morgan fingerprint density at radius 3 is 1.38 bits per heavy atom. The van der Waals surface area contributed by atoms with Gasteiger partial charge < -0.3 is 20.1 Å². The predicted octanol–water partition coefficient (Wildman–Crippen LogP) is -0.692. The normalized spacial score (nSPS) is 9.38. The first-order valence-corrected chi connectivity index (χ1v) is 4.04. The van der Waals surface area contributed by atoms with E-state index in [2.05, 4.69) is 9.47 Å². The second-order valence-corrected chi connectivity index (χ2v) is 2.25. The molecule has 8 nitrogen and oxygen atoms in total. The molecule has 0 rings (SSSR count). The molecular weight excluding hydrogens is 220 g/mol. The maximum atomic E-state index is 10.8. The molecule has 0 aliphatic carbocycles. The first kappa shape index (κ1) is 13.6. The van der Waals surface area contributed by atoms with Crippen molar-refractivity contribution in [3.63, 3.8) is 0 Å². The van der Waals surface area contributed by atoms with Crippen molar-refractivity contribution in [3.05, 3.63) is 12.2 Å². The lowest BCUT2D eigenvalue weighted by Crippen LogP contribution is -2.23. The molecule has 0 aliphatic rings. The minimum atomic E-state index is -1.06. The van der Waals surface area contributed by atoms with Crippen LogP contribution in [0.15, 0.2) is 12.2 Å². The monoisotopic (exact) mass is 230 g/mol. The average molecular weight is 230 g/mol. The topological polar surface area (TPSA) is 111 Å². The van der Waals surface area contributed by atoms with Gasteiger partial charge in [-0.25, -0.2) is 19.2 Å². The highest BCUT2D eigenvalue weighted by Crippen LogP contribution is 1.86. The lowest BCUT2D eigenvalue weighted by atomic mass is 10.5. The lowest BCUT2D eigenvalue weighted by Gasteiger charge is -1.98.